The van der Waals surface area contributed by atoms with Crippen molar-refractivity contribution in [1.29, 1.82) is 0 Å². The molecule has 4 heteroatoms. The molecular weight excluding hydrogens is 148 g/mol. The van der Waals surface area contributed by atoms with Crippen molar-refractivity contribution in [2.45, 2.75) is 31.8 Å². The van der Waals surface area contributed by atoms with Crippen LogP contribution in [0, 0.1) is 5.92 Å². The average Bonchev–Trinajstić information content (AvgIpc) is 1.95. The van der Waals surface area contributed by atoms with Crippen LogP contribution in [0.5, 0.6) is 0 Å². The largest absolute Gasteiger partial charge is 0.387 e. The van der Waals surface area contributed by atoms with E-state index in [1.807, 2.05) is 0 Å². The summed E-state index contributed by atoms with van der Waals surface area (Å²) < 4.78 is 4.73. The van der Waals surface area contributed by atoms with Gasteiger partial charge in [0.05, 0.1) is 12.2 Å². The van der Waals surface area contributed by atoms with E-state index in [9.17, 15) is 10.2 Å². The molecule has 0 bridgehead atoms. The Morgan fingerprint density at radius 3 is 2.45 bits per heavy atom. The highest BCUT2D eigenvalue weighted by Gasteiger charge is 2.42. The number of aliphatic hydroxyl groups excluding tert-OH is 2. The Labute approximate surface area is 65.4 Å². The van der Waals surface area contributed by atoms with Crippen molar-refractivity contribution in [3.05, 3.63) is 0 Å². The quantitative estimate of drug-likeness (QED) is 0.431. The minimum atomic E-state index is -1.16. The molecule has 0 unspecified atom stereocenters. The second kappa shape index (κ2) is 2.71. The number of hydrogen-bond donors (Lipinski definition) is 3. The Kier molecular flexibility index (Phi) is 2.20. The second-order valence-corrected chi connectivity index (χ2v) is 3.34. The predicted molar refractivity (Wildman–Crippen MR) is 37.8 cm³/mol. The van der Waals surface area contributed by atoms with Gasteiger partial charge in [-0.2, -0.15) is 0 Å². The molecule has 0 aromatic heterocycles. The maximum absolute atomic E-state index is 9.54. The summed E-state index contributed by atoms with van der Waals surface area (Å²) in [5, 5.41) is 27.8. The zero-order valence-electron chi connectivity index (χ0n) is 6.69. The zero-order valence-corrected chi connectivity index (χ0v) is 6.69. The first-order chi connectivity index (χ1) is 4.95. The van der Waals surface area contributed by atoms with Gasteiger partial charge in [0, 0.05) is 5.92 Å². The van der Waals surface area contributed by atoms with Crippen LogP contribution in [0.15, 0.2) is 0 Å². The average molecular weight is 162 g/mol. The van der Waals surface area contributed by atoms with Crippen LogP contribution in [0.1, 0.15) is 13.8 Å². The van der Waals surface area contributed by atoms with Crippen LogP contribution >= 0.6 is 0 Å². The summed E-state index contributed by atoms with van der Waals surface area (Å²) >= 11 is 0. The van der Waals surface area contributed by atoms with Gasteiger partial charge in [-0.05, 0) is 6.92 Å². The van der Waals surface area contributed by atoms with Gasteiger partial charge in [-0.1, -0.05) is 6.92 Å². The summed E-state index contributed by atoms with van der Waals surface area (Å²) in [7, 11) is 0. The van der Waals surface area contributed by atoms with Gasteiger partial charge in [-0.25, -0.2) is 0 Å². The van der Waals surface area contributed by atoms with Crippen molar-refractivity contribution < 1.29 is 20.1 Å². The van der Waals surface area contributed by atoms with Crippen molar-refractivity contribution in [3.8, 4) is 0 Å². The van der Waals surface area contributed by atoms with Gasteiger partial charge in [-0.15, -0.1) is 0 Å². The molecule has 3 N–H and O–H groups in total. The molecular formula is C7H14O4. The summed E-state index contributed by atoms with van der Waals surface area (Å²) in [4.78, 5) is 0. The fourth-order valence-corrected chi connectivity index (χ4v) is 1.10. The molecule has 0 aromatic carbocycles. The van der Waals surface area contributed by atoms with E-state index in [-0.39, 0.29) is 12.5 Å². The fourth-order valence-electron chi connectivity index (χ4n) is 1.10. The minimum absolute atomic E-state index is 0.0619. The van der Waals surface area contributed by atoms with Gasteiger partial charge < -0.3 is 20.1 Å². The molecule has 0 aromatic rings. The maximum Gasteiger partial charge on any atom is 0.181 e. The lowest BCUT2D eigenvalue weighted by Crippen LogP contribution is -2.54. The van der Waals surface area contributed by atoms with Crippen LogP contribution in [0.25, 0.3) is 0 Å². The van der Waals surface area contributed by atoms with Crippen LogP contribution in [-0.4, -0.2) is 39.9 Å². The van der Waals surface area contributed by atoms with E-state index >= 15 is 0 Å². The number of ether oxygens (including phenoxy) is 1. The fraction of sp³-hybridized carbons (Fsp3) is 1.00. The van der Waals surface area contributed by atoms with E-state index in [1.165, 1.54) is 0 Å². The molecule has 1 rings (SSSR count). The first-order valence-electron chi connectivity index (χ1n) is 3.65. The first kappa shape index (κ1) is 8.93. The molecule has 0 amide bonds. The van der Waals surface area contributed by atoms with Gasteiger partial charge in [-0.3, -0.25) is 0 Å². The predicted octanol–water partition coefficient (Wildman–Crippen LogP) is -0.917. The molecule has 0 aliphatic carbocycles. The van der Waals surface area contributed by atoms with Crippen molar-refractivity contribution in [2.24, 2.45) is 5.92 Å². The van der Waals surface area contributed by atoms with Crippen LogP contribution in [0.4, 0.5) is 0 Å². The Hall–Kier alpha value is -0.160. The topological polar surface area (TPSA) is 69.9 Å². The number of rotatable bonds is 0. The smallest absolute Gasteiger partial charge is 0.181 e. The standard InChI is InChI=1S/C7H14O4/c1-4-5(8)6(9)11-3-7(4,2)10/h4-6,8-10H,3H2,1-2H3/t4-,5-,6+,7+/m1/s1. The van der Waals surface area contributed by atoms with E-state index in [0.717, 1.165) is 0 Å². The zero-order chi connectivity index (χ0) is 8.65. The van der Waals surface area contributed by atoms with Crippen LogP contribution in [0.3, 0.4) is 0 Å². The molecule has 1 aliphatic rings. The minimum Gasteiger partial charge on any atom is -0.387 e. The molecule has 1 aliphatic heterocycles. The summed E-state index contributed by atoms with van der Waals surface area (Å²) in [6, 6.07) is 0. The molecule has 4 nitrogen and oxygen atoms in total. The molecule has 0 saturated carbocycles. The van der Waals surface area contributed by atoms with Gasteiger partial charge in [0.1, 0.15) is 6.10 Å². The van der Waals surface area contributed by atoms with Crippen molar-refractivity contribution in [3.63, 3.8) is 0 Å². The highest BCUT2D eigenvalue weighted by Crippen LogP contribution is 2.27. The van der Waals surface area contributed by atoms with E-state index in [0.29, 0.717) is 0 Å². The van der Waals surface area contributed by atoms with Crippen LogP contribution in [0.2, 0.25) is 0 Å². The van der Waals surface area contributed by atoms with E-state index < -0.39 is 18.0 Å². The maximum atomic E-state index is 9.54. The van der Waals surface area contributed by atoms with Gasteiger partial charge in [0.2, 0.25) is 0 Å². The second-order valence-electron chi connectivity index (χ2n) is 3.34. The molecule has 0 radical (unpaired) electrons. The number of aliphatic hydroxyl groups is 3. The third kappa shape index (κ3) is 1.54. The molecule has 1 heterocycles. The Bertz CT molecular complexity index is 145. The van der Waals surface area contributed by atoms with E-state index in [2.05, 4.69) is 0 Å². The molecule has 4 atom stereocenters. The molecule has 0 spiro atoms. The summed E-state index contributed by atoms with van der Waals surface area (Å²) in [6.45, 7) is 3.32. The highest BCUT2D eigenvalue weighted by atomic mass is 16.6. The highest BCUT2D eigenvalue weighted by molar-refractivity contribution is 4.88. The monoisotopic (exact) mass is 162 g/mol. The molecule has 11 heavy (non-hydrogen) atoms. The lowest BCUT2D eigenvalue weighted by Gasteiger charge is -2.40. The molecule has 66 valence electrons. The van der Waals surface area contributed by atoms with Gasteiger partial charge in [0.15, 0.2) is 6.29 Å². The van der Waals surface area contributed by atoms with Crippen molar-refractivity contribution in [1.82, 2.24) is 0 Å². The molecule has 1 fully saturated rings. The van der Waals surface area contributed by atoms with Crippen molar-refractivity contribution in [2.75, 3.05) is 6.61 Å². The van der Waals surface area contributed by atoms with E-state index in [4.69, 9.17) is 9.84 Å². The lowest BCUT2D eigenvalue weighted by molar-refractivity contribution is -0.260. The van der Waals surface area contributed by atoms with Crippen LogP contribution in [-0.2, 0) is 4.74 Å². The third-order valence-electron chi connectivity index (χ3n) is 2.33. The Balaban J connectivity index is 2.67. The summed E-state index contributed by atoms with van der Waals surface area (Å²) in [5.74, 6) is -0.369. The van der Waals surface area contributed by atoms with Crippen LogP contribution < -0.4 is 0 Å². The normalized spacial score (nSPS) is 52.6. The summed E-state index contributed by atoms with van der Waals surface area (Å²) in [5.41, 5.74) is -1.04. The Morgan fingerprint density at radius 2 is 2.00 bits per heavy atom. The van der Waals surface area contributed by atoms with Gasteiger partial charge >= 0.3 is 0 Å². The third-order valence-corrected chi connectivity index (χ3v) is 2.33. The first-order valence-corrected chi connectivity index (χ1v) is 3.65. The van der Waals surface area contributed by atoms with Crippen molar-refractivity contribution >= 4 is 0 Å². The SMILES string of the molecule is C[C@@H]1[C@@H](O)[C@@H](O)OC[C@]1(C)O. The lowest BCUT2D eigenvalue weighted by atomic mass is 9.84. The summed E-state index contributed by atoms with van der Waals surface area (Å²) in [6.07, 6.45) is -2.16. The Morgan fingerprint density at radius 1 is 1.45 bits per heavy atom. The molecule has 1 saturated heterocycles. The number of hydrogen-bond acceptors (Lipinski definition) is 4. The van der Waals surface area contributed by atoms with Gasteiger partial charge in [0.25, 0.3) is 0 Å². The van der Waals surface area contributed by atoms with E-state index in [1.54, 1.807) is 13.8 Å².